The summed E-state index contributed by atoms with van der Waals surface area (Å²) in [6.45, 7) is 14.0. The van der Waals surface area contributed by atoms with Crippen LogP contribution in [-0.2, 0) is 19.1 Å². The Morgan fingerprint density at radius 3 is 2.21 bits per heavy atom. The molecule has 0 aliphatic rings. The van der Waals surface area contributed by atoms with Crippen LogP contribution in [-0.4, -0.2) is 54.2 Å². The molecule has 0 spiro atoms. The molecule has 7 heteroatoms. The first-order chi connectivity index (χ1) is 11.1. The van der Waals surface area contributed by atoms with Crippen LogP contribution in [0.3, 0.4) is 0 Å². The van der Waals surface area contributed by atoms with E-state index < -0.39 is 35.7 Å². The second-order valence-electron chi connectivity index (χ2n) is 6.20. The summed E-state index contributed by atoms with van der Waals surface area (Å²) in [4.78, 5) is 37.7. The van der Waals surface area contributed by atoms with E-state index in [4.69, 9.17) is 4.74 Å². The fourth-order valence-corrected chi connectivity index (χ4v) is 1.91. The van der Waals surface area contributed by atoms with Crippen LogP contribution in [0.4, 0.5) is 4.79 Å². The summed E-state index contributed by atoms with van der Waals surface area (Å²) >= 11 is 0. The smallest absolute Gasteiger partial charge is 0.408 e. The Bertz CT molecular complexity index is 482. The highest BCUT2D eigenvalue weighted by Crippen LogP contribution is 2.10. The normalized spacial score (nSPS) is 13.2. The average Bonchev–Trinajstić information content (AvgIpc) is 2.48. The number of methoxy groups -OCH3 is 1. The maximum absolute atomic E-state index is 12.7. The third-order valence-corrected chi connectivity index (χ3v) is 3.01. The van der Waals surface area contributed by atoms with E-state index in [1.54, 1.807) is 27.7 Å². The molecule has 0 rings (SSSR count). The van der Waals surface area contributed by atoms with Crippen molar-refractivity contribution in [1.29, 1.82) is 0 Å². The molecule has 0 radical (unpaired) electrons. The molecule has 136 valence electrons. The average molecular weight is 340 g/mol. The molecule has 0 aliphatic carbocycles. The van der Waals surface area contributed by atoms with E-state index in [1.807, 2.05) is 0 Å². The molecule has 0 bridgehead atoms. The minimum Gasteiger partial charge on any atom is -0.467 e. The van der Waals surface area contributed by atoms with E-state index in [0.29, 0.717) is 0 Å². The molecule has 2 atom stereocenters. The van der Waals surface area contributed by atoms with Crippen molar-refractivity contribution in [3.8, 4) is 0 Å². The van der Waals surface area contributed by atoms with Gasteiger partial charge in [-0.05, 0) is 34.1 Å². The van der Waals surface area contributed by atoms with Gasteiger partial charge in [-0.3, -0.25) is 4.79 Å². The molecule has 0 unspecified atom stereocenters. The second-order valence-corrected chi connectivity index (χ2v) is 6.20. The highest BCUT2D eigenvalue weighted by Gasteiger charge is 2.32. The number of amides is 2. The summed E-state index contributed by atoms with van der Waals surface area (Å²) in [7, 11) is 1.25. The molecule has 0 aromatic rings. The Hall–Kier alpha value is -2.31. The molecule has 0 saturated carbocycles. The lowest BCUT2D eigenvalue weighted by molar-refractivity contribution is -0.152. The van der Waals surface area contributed by atoms with Crippen LogP contribution in [0, 0.1) is 0 Å². The summed E-state index contributed by atoms with van der Waals surface area (Å²) in [5.41, 5.74) is -0.689. The van der Waals surface area contributed by atoms with Gasteiger partial charge in [-0.2, -0.15) is 0 Å². The van der Waals surface area contributed by atoms with Crippen LogP contribution in [0.5, 0.6) is 0 Å². The lowest BCUT2D eigenvalue weighted by Gasteiger charge is -2.30. The number of carbonyl (C=O) groups is 3. The van der Waals surface area contributed by atoms with Crippen LogP contribution < -0.4 is 5.32 Å². The SMILES string of the molecule is C=CC[C@H](NC(=O)OC(C)(C)C)C(=O)N(CC=C)[C@@H](C)C(=O)OC. The molecule has 0 heterocycles. The first-order valence-electron chi connectivity index (χ1n) is 7.67. The predicted molar refractivity (Wildman–Crippen MR) is 91.4 cm³/mol. The van der Waals surface area contributed by atoms with Crippen molar-refractivity contribution in [2.45, 2.75) is 51.8 Å². The van der Waals surface area contributed by atoms with Crippen LogP contribution in [0.25, 0.3) is 0 Å². The van der Waals surface area contributed by atoms with E-state index in [-0.39, 0.29) is 13.0 Å². The molecule has 1 N–H and O–H groups in total. The molecule has 0 fully saturated rings. The number of ether oxygens (including phenoxy) is 2. The molecular formula is C17H28N2O5. The summed E-state index contributed by atoms with van der Waals surface area (Å²) < 4.78 is 9.84. The van der Waals surface area contributed by atoms with Gasteiger partial charge in [0.15, 0.2) is 0 Å². The maximum Gasteiger partial charge on any atom is 0.408 e. The fraction of sp³-hybridized carbons (Fsp3) is 0.588. The number of nitrogens with one attached hydrogen (secondary N) is 1. The van der Waals surface area contributed by atoms with Gasteiger partial charge in [-0.25, -0.2) is 9.59 Å². The van der Waals surface area contributed by atoms with Crippen molar-refractivity contribution in [2.75, 3.05) is 13.7 Å². The van der Waals surface area contributed by atoms with Crippen molar-refractivity contribution in [3.63, 3.8) is 0 Å². The van der Waals surface area contributed by atoms with E-state index in [1.165, 1.54) is 24.2 Å². The topological polar surface area (TPSA) is 84.9 Å². The van der Waals surface area contributed by atoms with Gasteiger partial charge in [-0.1, -0.05) is 12.2 Å². The number of rotatable bonds is 8. The van der Waals surface area contributed by atoms with Crippen LogP contribution >= 0.6 is 0 Å². The number of alkyl carbamates (subject to hydrolysis) is 1. The third-order valence-electron chi connectivity index (χ3n) is 3.01. The Kier molecular flexibility index (Phi) is 8.81. The second kappa shape index (κ2) is 9.75. The van der Waals surface area contributed by atoms with Gasteiger partial charge in [0.2, 0.25) is 5.91 Å². The predicted octanol–water partition coefficient (Wildman–Crippen LogP) is 2.03. The standard InChI is InChI=1S/C17H28N2O5/c1-8-10-13(18-16(22)24-17(4,5)6)14(20)19(11-9-2)12(3)15(21)23-7/h8-9,12-13H,1-2,10-11H2,3-7H3,(H,18,22)/t12-,13-/m0/s1. The number of hydrogen-bond donors (Lipinski definition) is 1. The number of esters is 1. The zero-order valence-corrected chi connectivity index (χ0v) is 15.1. The molecule has 2 amide bonds. The van der Waals surface area contributed by atoms with Gasteiger partial charge in [0, 0.05) is 6.54 Å². The number of hydrogen-bond acceptors (Lipinski definition) is 5. The maximum atomic E-state index is 12.7. The number of nitrogens with zero attached hydrogens (tertiary/aromatic N) is 1. The third kappa shape index (κ3) is 7.30. The van der Waals surface area contributed by atoms with Gasteiger partial charge >= 0.3 is 12.1 Å². The highest BCUT2D eigenvalue weighted by atomic mass is 16.6. The zero-order valence-electron chi connectivity index (χ0n) is 15.1. The van der Waals surface area contributed by atoms with E-state index in [9.17, 15) is 14.4 Å². The lowest BCUT2D eigenvalue weighted by atomic mass is 10.1. The van der Waals surface area contributed by atoms with Crippen LogP contribution in [0.15, 0.2) is 25.3 Å². The molecular weight excluding hydrogens is 312 g/mol. The molecule has 0 aliphatic heterocycles. The van der Waals surface area contributed by atoms with Crippen LogP contribution in [0.1, 0.15) is 34.1 Å². The van der Waals surface area contributed by atoms with Crippen molar-refractivity contribution < 1.29 is 23.9 Å². The van der Waals surface area contributed by atoms with E-state index >= 15 is 0 Å². The van der Waals surface area contributed by atoms with Crippen molar-refractivity contribution >= 4 is 18.0 Å². The summed E-state index contributed by atoms with van der Waals surface area (Å²) in [5, 5.41) is 2.51. The number of carbonyl (C=O) groups excluding carboxylic acids is 3. The van der Waals surface area contributed by atoms with Crippen molar-refractivity contribution in [3.05, 3.63) is 25.3 Å². The summed E-state index contributed by atoms with van der Waals surface area (Å²) in [5.74, 6) is -1.00. The van der Waals surface area contributed by atoms with Gasteiger partial charge < -0.3 is 19.7 Å². The van der Waals surface area contributed by atoms with Crippen molar-refractivity contribution in [2.24, 2.45) is 0 Å². The molecule has 24 heavy (non-hydrogen) atoms. The Labute approximate surface area is 143 Å². The Morgan fingerprint density at radius 2 is 1.79 bits per heavy atom. The Morgan fingerprint density at radius 1 is 1.21 bits per heavy atom. The van der Waals surface area contributed by atoms with Gasteiger partial charge in [0.05, 0.1) is 7.11 Å². The van der Waals surface area contributed by atoms with Gasteiger partial charge in [0.1, 0.15) is 17.7 Å². The minimum atomic E-state index is -0.899. The van der Waals surface area contributed by atoms with E-state index in [0.717, 1.165) is 0 Å². The van der Waals surface area contributed by atoms with Gasteiger partial charge in [0.25, 0.3) is 0 Å². The Balaban J connectivity index is 5.26. The first kappa shape index (κ1) is 21.7. The summed E-state index contributed by atoms with van der Waals surface area (Å²) in [6, 6.07) is -1.71. The summed E-state index contributed by atoms with van der Waals surface area (Å²) in [6.07, 6.45) is 2.48. The fourth-order valence-electron chi connectivity index (χ4n) is 1.91. The zero-order chi connectivity index (χ0) is 18.9. The quantitative estimate of drug-likeness (QED) is 0.540. The molecule has 0 aromatic carbocycles. The highest BCUT2D eigenvalue weighted by molar-refractivity contribution is 5.89. The molecule has 0 saturated heterocycles. The largest absolute Gasteiger partial charge is 0.467 e. The minimum absolute atomic E-state index is 0.138. The van der Waals surface area contributed by atoms with Crippen LogP contribution in [0.2, 0.25) is 0 Å². The molecule has 0 aromatic heterocycles. The first-order valence-corrected chi connectivity index (χ1v) is 7.67. The van der Waals surface area contributed by atoms with Gasteiger partial charge in [-0.15, -0.1) is 13.2 Å². The van der Waals surface area contributed by atoms with Crippen molar-refractivity contribution in [1.82, 2.24) is 10.2 Å². The molecule has 7 nitrogen and oxygen atoms in total. The lowest BCUT2D eigenvalue weighted by Crippen LogP contribution is -2.53. The van der Waals surface area contributed by atoms with E-state index in [2.05, 4.69) is 23.2 Å². The monoisotopic (exact) mass is 340 g/mol.